The Hall–Kier alpha value is -0.770. The Bertz CT molecular complexity index is 370. The van der Waals surface area contributed by atoms with Gasteiger partial charge >= 0.3 is 0 Å². The second-order valence-corrected chi connectivity index (χ2v) is 6.64. The van der Waals surface area contributed by atoms with Crippen molar-refractivity contribution in [2.45, 2.75) is 77.2 Å². The minimum absolute atomic E-state index is 0.242. The standard InChI is InChI=1S/C15H26N2OS/c1-2-3-11-13-14(18)17-15(19-13)16-12-9-7-5-4-6-8-10-12/h12,18H,2-11H2,1H3,(H,16,17). The van der Waals surface area contributed by atoms with Crippen LogP contribution in [0.4, 0.5) is 5.13 Å². The van der Waals surface area contributed by atoms with E-state index in [1.54, 1.807) is 11.3 Å². The number of hydrogen-bond acceptors (Lipinski definition) is 4. The van der Waals surface area contributed by atoms with Gasteiger partial charge in [-0.15, -0.1) is 0 Å². The molecule has 0 spiro atoms. The zero-order valence-electron chi connectivity index (χ0n) is 12.0. The number of aromatic nitrogens is 1. The van der Waals surface area contributed by atoms with Crippen LogP contribution in [0.15, 0.2) is 0 Å². The minimum Gasteiger partial charge on any atom is -0.492 e. The van der Waals surface area contributed by atoms with E-state index in [0.717, 1.165) is 29.3 Å². The summed E-state index contributed by atoms with van der Waals surface area (Å²) in [4.78, 5) is 5.31. The molecule has 0 radical (unpaired) electrons. The lowest BCUT2D eigenvalue weighted by Crippen LogP contribution is -2.20. The molecule has 1 aromatic heterocycles. The van der Waals surface area contributed by atoms with E-state index < -0.39 is 0 Å². The van der Waals surface area contributed by atoms with Gasteiger partial charge in [-0.3, -0.25) is 0 Å². The summed E-state index contributed by atoms with van der Waals surface area (Å²) in [6, 6.07) is 0.546. The quantitative estimate of drug-likeness (QED) is 0.821. The number of unbranched alkanes of at least 4 members (excludes halogenated alkanes) is 1. The predicted molar refractivity (Wildman–Crippen MR) is 82.1 cm³/mol. The maximum atomic E-state index is 9.85. The SMILES string of the molecule is CCCCc1sc(NC2CCCCCCC2)nc1O. The smallest absolute Gasteiger partial charge is 0.227 e. The van der Waals surface area contributed by atoms with E-state index in [0.29, 0.717) is 6.04 Å². The number of thiazole rings is 1. The molecule has 19 heavy (non-hydrogen) atoms. The highest BCUT2D eigenvalue weighted by molar-refractivity contribution is 7.15. The molecular formula is C15H26N2OS. The van der Waals surface area contributed by atoms with Crippen molar-refractivity contribution in [3.8, 4) is 5.88 Å². The molecule has 0 aromatic carbocycles. The van der Waals surface area contributed by atoms with Gasteiger partial charge in [0.15, 0.2) is 5.13 Å². The van der Waals surface area contributed by atoms with E-state index in [1.807, 2.05) is 0 Å². The molecule has 4 heteroatoms. The highest BCUT2D eigenvalue weighted by Gasteiger charge is 2.15. The van der Waals surface area contributed by atoms with Gasteiger partial charge in [0.05, 0.1) is 4.88 Å². The van der Waals surface area contributed by atoms with Crippen molar-refractivity contribution >= 4 is 16.5 Å². The van der Waals surface area contributed by atoms with Crippen LogP contribution in [0.2, 0.25) is 0 Å². The zero-order valence-corrected chi connectivity index (χ0v) is 12.8. The molecule has 3 nitrogen and oxygen atoms in total. The van der Waals surface area contributed by atoms with E-state index in [1.165, 1.54) is 44.9 Å². The highest BCUT2D eigenvalue weighted by Crippen LogP contribution is 2.31. The summed E-state index contributed by atoms with van der Waals surface area (Å²) in [6.45, 7) is 2.17. The normalized spacial score (nSPS) is 17.9. The molecule has 2 N–H and O–H groups in total. The van der Waals surface area contributed by atoms with Gasteiger partial charge in [0, 0.05) is 6.04 Å². The molecule has 0 saturated heterocycles. The minimum atomic E-state index is 0.242. The van der Waals surface area contributed by atoms with E-state index in [2.05, 4.69) is 17.2 Å². The molecular weight excluding hydrogens is 256 g/mol. The summed E-state index contributed by atoms with van der Waals surface area (Å²) >= 11 is 1.63. The largest absolute Gasteiger partial charge is 0.492 e. The summed E-state index contributed by atoms with van der Waals surface area (Å²) in [7, 11) is 0. The maximum Gasteiger partial charge on any atom is 0.227 e. The van der Waals surface area contributed by atoms with Gasteiger partial charge in [-0.2, -0.15) is 4.98 Å². The molecule has 1 aliphatic rings. The number of hydrogen-bond donors (Lipinski definition) is 2. The van der Waals surface area contributed by atoms with E-state index >= 15 is 0 Å². The van der Waals surface area contributed by atoms with Gasteiger partial charge in [-0.25, -0.2) is 0 Å². The molecule has 0 unspecified atom stereocenters. The third-order valence-electron chi connectivity index (χ3n) is 3.87. The van der Waals surface area contributed by atoms with Crippen molar-refractivity contribution in [2.24, 2.45) is 0 Å². The van der Waals surface area contributed by atoms with Crippen LogP contribution in [-0.4, -0.2) is 16.1 Å². The third kappa shape index (κ3) is 4.68. The van der Waals surface area contributed by atoms with Crippen LogP contribution >= 0.6 is 11.3 Å². The van der Waals surface area contributed by atoms with Crippen LogP contribution in [-0.2, 0) is 6.42 Å². The van der Waals surface area contributed by atoms with Crippen LogP contribution in [0, 0.1) is 0 Å². The first-order valence-corrected chi connectivity index (χ1v) is 8.56. The topological polar surface area (TPSA) is 45.2 Å². The lowest BCUT2D eigenvalue weighted by molar-refractivity contribution is 0.449. The number of aryl methyl sites for hydroxylation is 1. The Balaban J connectivity index is 1.90. The average Bonchev–Trinajstić information content (AvgIpc) is 2.70. The van der Waals surface area contributed by atoms with Crippen LogP contribution < -0.4 is 5.32 Å². The zero-order chi connectivity index (χ0) is 13.5. The van der Waals surface area contributed by atoms with Gasteiger partial charge in [0.25, 0.3) is 0 Å². The average molecular weight is 282 g/mol. The first kappa shape index (κ1) is 14.6. The molecule has 1 heterocycles. The molecule has 0 bridgehead atoms. The Morgan fingerprint density at radius 1 is 1.21 bits per heavy atom. The van der Waals surface area contributed by atoms with Crippen molar-refractivity contribution in [3.63, 3.8) is 0 Å². The first-order valence-electron chi connectivity index (χ1n) is 7.74. The van der Waals surface area contributed by atoms with E-state index in [-0.39, 0.29) is 5.88 Å². The summed E-state index contributed by atoms with van der Waals surface area (Å²) < 4.78 is 0. The summed E-state index contributed by atoms with van der Waals surface area (Å²) in [5.74, 6) is 0.242. The first-order chi connectivity index (χ1) is 9.29. The van der Waals surface area contributed by atoms with Crippen molar-refractivity contribution in [3.05, 3.63) is 4.88 Å². The number of nitrogens with one attached hydrogen (secondary N) is 1. The lowest BCUT2D eigenvalue weighted by atomic mass is 9.97. The van der Waals surface area contributed by atoms with Crippen LogP contribution in [0.25, 0.3) is 0 Å². The van der Waals surface area contributed by atoms with Crippen molar-refractivity contribution in [2.75, 3.05) is 5.32 Å². The van der Waals surface area contributed by atoms with E-state index in [4.69, 9.17) is 0 Å². The molecule has 2 rings (SSSR count). The maximum absolute atomic E-state index is 9.85. The molecule has 0 atom stereocenters. The summed E-state index contributed by atoms with van der Waals surface area (Å²) in [5, 5.41) is 14.3. The number of rotatable bonds is 5. The molecule has 1 saturated carbocycles. The third-order valence-corrected chi connectivity index (χ3v) is 4.90. The fraction of sp³-hybridized carbons (Fsp3) is 0.800. The fourth-order valence-corrected chi connectivity index (χ4v) is 3.66. The number of nitrogens with zero attached hydrogens (tertiary/aromatic N) is 1. The van der Waals surface area contributed by atoms with Crippen LogP contribution in [0.5, 0.6) is 5.88 Å². The van der Waals surface area contributed by atoms with Crippen molar-refractivity contribution in [1.29, 1.82) is 0 Å². The van der Waals surface area contributed by atoms with Crippen LogP contribution in [0.3, 0.4) is 0 Å². The summed E-state index contributed by atoms with van der Waals surface area (Å²) in [5.41, 5.74) is 0. The summed E-state index contributed by atoms with van der Waals surface area (Å²) in [6.07, 6.45) is 12.5. The van der Waals surface area contributed by atoms with Gasteiger partial charge in [-0.1, -0.05) is 56.8 Å². The highest BCUT2D eigenvalue weighted by atomic mass is 32.1. The van der Waals surface area contributed by atoms with Gasteiger partial charge < -0.3 is 10.4 Å². The predicted octanol–water partition coefficient (Wildman–Crippen LogP) is 4.72. The Morgan fingerprint density at radius 3 is 2.58 bits per heavy atom. The Labute approximate surface area is 120 Å². The molecule has 1 aliphatic carbocycles. The van der Waals surface area contributed by atoms with Gasteiger partial charge in [0.1, 0.15) is 0 Å². The van der Waals surface area contributed by atoms with Crippen molar-refractivity contribution < 1.29 is 5.11 Å². The second-order valence-electron chi connectivity index (χ2n) is 5.56. The molecule has 0 amide bonds. The number of anilines is 1. The lowest BCUT2D eigenvalue weighted by Gasteiger charge is -2.20. The van der Waals surface area contributed by atoms with Crippen LogP contribution in [0.1, 0.15) is 69.6 Å². The molecule has 0 aliphatic heterocycles. The second kappa shape index (κ2) is 7.73. The van der Waals surface area contributed by atoms with Crippen molar-refractivity contribution in [1.82, 2.24) is 4.98 Å². The van der Waals surface area contributed by atoms with Gasteiger partial charge in [-0.05, 0) is 25.7 Å². The number of aromatic hydroxyl groups is 1. The van der Waals surface area contributed by atoms with E-state index in [9.17, 15) is 5.11 Å². The Morgan fingerprint density at radius 2 is 1.89 bits per heavy atom. The monoisotopic (exact) mass is 282 g/mol. The fourth-order valence-electron chi connectivity index (χ4n) is 2.68. The molecule has 108 valence electrons. The Kier molecular flexibility index (Phi) is 5.95. The molecule has 1 fully saturated rings. The molecule has 1 aromatic rings. The van der Waals surface area contributed by atoms with Gasteiger partial charge in [0.2, 0.25) is 5.88 Å².